The smallest absolute Gasteiger partial charge is 0.236 e. The Morgan fingerprint density at radius 2 is 2.09 bits per heavy atom. The van der Waals surface area contributed by atoms with Gasteiger partial charge in [-0.05, 0) is 36.8 Å². The lowest BCUT2D eigenvalue weighted by Crippen LogP contribution is -2.42. The van der Waals surface area contributed by atoms with Gasteiger partial charge in [-0.2, -0.15) is 0 Å². The van der Waals surface area contributed by atoms with Crippen LogP contribution in [0.3, 0.4) is 0 Å². The number of rotatable bonds is 6. The lowest BCUT2D eigenvalue weighted by molar-refractivity contribution is 0.590. The Morgan fingerprint density at radius 1 is 1.30 bits per heavy atom. The van der Waals surface area contributed by atoms with E-state index in [4.69, 9.17) is 0 Å². The van der Waals surface area contributed by atoms with Gasteiger partial charge in [-0.15, -0.1) is 0 Å². The minimum Gasteiger partial charge on any atom is -0.356 e. The molecular formula is C16H24N4O2S. The maximum atomic E-state index is 12.6. The first kappa shape index (κ1) is 16.1. The van der Waals surface area contributed by atoms with E-state index in [-0.39, 0.29) is 5.75 Å². The lowest BCUT2D eigenvalue weighted by Gasteiger charge is -2.20. The van der Waals surface area contributed by atoms with Crippen molar-refractivity contribution in [3.05, 3.63) is 29.8 Å². The monoisotopic (exact) mass is 336 g/mol. The Hall–Kier alpha value is -1.76. The molecule has 0 radical (unpaired) electrons. The third kappa shape index (κ3) is 3.96. The van der Waals surface area contributed by atoms with E-state index in [1.54, 1.807) is 7.05 Å². The zero-order chi connectivity index (χ0) is 16.3. The van der Waals surface area contributed by atoms with Gasteiger partial charge in [0.25, 0.3) is 0 Å². The molecule has 1 aromatic carbocycles. The van der Waals surface area contributed by atoms with Crippen molar-refractivity contribution in [2.45, 2.75) is 19.3 Å². The summed E-state index contributed by atoms with van der Waals surface area (Å²) in [6.45, 7) is 1.80. The largest absolute Gasteiger partial charge is 0.356 e. The van der Waals surface area contributed by atoms with Crippen LogP contribution >= 0.6 is 0 Å². The summed E-state index contributed by atoms with van der Waals surface area (Å²) in [7, 11) is -1.61. The second-order valence-electron chi connectivity index (χ2n) is 6.09. The maximum Gasteiger partial charge on any atom is 0.236 e. The molecule has 0 saturated heterocycles. The Balaban J connectivity index is 1.53. The fourth-order valence-corrected chi connectivity index (χ4v) is 4.22. The van der Waals surface area contributed by atoms with Crippen LogP contribution < -0.4 is 14.9 Å². The van der Waals surface area contributed by atoms with Crippen LogP contribution in [-0.2, 0) is 16.4 Å². The van der Waals surface area contributed by atoms with Crippen molar-refractivity contribution in [3.8, 4) is 0 Å². The van der Waals surface area contributed by atoms with Crippen LogP contribution in [0.15, 0.2) is 29.3 Å². The molecular weight excluding hydrogens is 312 g/mol. The second-order valence-corrected chi connectivity index (χ2v) is 8.10. The molecule has 23 heavy (non-hydrogen) atoms. The molecule has 126 valence electrons. The molecule has 2 aliphatic rings. The number of para-hydroxylation sites is 1. The molecule has 2 N–H and O–H groups in total. The van der Waals surface area contributed by atoms with E-state index in [2.05, 4.69) is 15.6 Å². The summed E-state index contributed by atoms with van der Waals surface area (Å²) < 4.78 is 26.7. The molecule has 0 amide bonds. The van der Waals surface area contributed by atoms with Crippen molar-refractivity contribution >= 4 is 21.7 Å². The van der Waals surface area contributed by atoms with E-state index >= 15 is 0 Å². The highest BCUT2D eigenvalue weighted by atomic mass is 32.2. The first-order chi connectivity index (χ1) is 11.1. The van der Waals surface area contributed by atoms with Crippen LogP contribution in [-0.4, -0.2) is 46.8 Å². The number of guanidine groups is 1. The van der Waals surface area contributed by atoms with E-state index in [0.717, 1.165) is 30.1 Å². The van der Waals surface area contributed by atoms with Crippen molar-refractivity contribution in [1.29, 1.82) is 0 Å². The summed E-state index contributed by atoms with van der Waals surface area (Å²) in [5.74, 6) is 1.48. The number of nitrogens with zero attached hydrogens (tertiary/aromatic N) is 2. The van der Waals surface area contributed by atoms with Crippen LogP contribution in [0.1, 0.15) is 18.4 Å². The highest BCUT2D eigenvalue weighted by Gasteiger charge is 2.28. The summed E-state index contributed by atoms with van der Waals surface area (Å²) in [5.41, 5.74) is 1.93. The van der Waals surface area contributed by atoms with Gasteiger partial charge in [0.2, 0.25) is 10.0 Å². The quantitative estimate of drug-likeness (QED) is 0.599. The molecule has 7 heteroatoms. The highest BCUT2D eigenvalue weighted by Crippen LogP contribution is 2.30. The van der Waals surface area contributed by atoms with Gasteiger partial charge in [0.05, 0.1) is 11.4 Å². The molecule has 1 fully saturated rings. The summed E-state index contributed by atoms with van der Waals surface area (Å²) in [5, 5.41) is 6.32. The minimum atomic E-state index is -3.31. The molecule has 0 unspecified atom stereocenters. The van der Waals surface area contributed by atoms with E-state index in [9.17, 15) is 8.42 Å². The van der Waals surface area contributed by atoms with Gasteiger partial charge in [0.15, 0.2) is 5.96 Å². The van der Waals surface area contributed by atoms with Gasteiger partial charge in [-0.3, -0.25) is 9.30 Å². The Bertz CT molecular complexity index is 683. The molecule has 1 aliphatic carbocycles. The van der Waals surface area contributed by atoms with Crippen LogP contribution in [0.4, 0.5) is 5.69 Å². The molecule has 0 bridgehead atoms. The standard InChI is InChI=1S/C16H24N4O2S/c1-17-16(19-12-13-6-7-13)18-9-11-23(21,22)20-10-8-14-4-2-3-5-15(14)20/h2-5,13H,6-12H2,1H3,(H2,17,18,19). The lowest BCUT2D eigenvalue weighted by atomic mass is 10.2. The van der Waals surface area contributed by atoms with Gasteiger partial charge in [-0.25, -0.2) is 8.42 Å². The number of sulfonamides is 1. The first-order valence-electron chi connectivity index (χ1n) is 8.13. The average Bonchev–Trinajstić information content (AvgIpc) is 3.26. The Kier molecular flexibility index (Phi) is 4.75. The minimum absolute atomic E-state index is 0.0610. The predicted molar refractivity (Wildman–Crippen MR) is 93.4 cm³/mol. The zero-order valence-corrected chi connectivity index (χ0v) is 14.3. The van der Waals surface area contributed by atoms with Crippen molar-refractivity contribution in [2.24, 2.45) is 10.9 Å². The van der Waals surface area contributed by atoms with Crippen molar-refractivity contribution < 1.29 is 8.42 Å². The molecule has 3 rings (SSSR count). The summed E-state index contributed by atoms with van der Waals surface area (Å²) >= 11 is 0. The van der Waals surface area contributed by atoms with Crippen LogP contribution in [0.5, 0.6) is 0 Å². The number of benzene rings is 1. The molecule has 6 nitrogen and oxygen atoms in total. The summed E-state index contributed by atoms with van der Waals surface area (Å²) in [6.07, 6.45) is 3.33. The number of aliphatic imine (C=N–C) groups is 1. The number of hydrogen-bond donors (Lipinski definition) is 2. The average molecular weight is 336 g/mol. The first-order valence-corrected chi connectivity index (χ1v) is 9.74. The van der Waals surface area contributed by atoms with Gasteiger partial charge >= 0.3 is 0 Å². The Labute approximate surface area is 138 Å². The topological polar surface area (TPSA) is 73.8 Å². The number of hydrogen-bond acceptors (Lipinski definition) is 3. The SMILES string of the molecule is CN=C(NCCS(=O)(=O)N1CCc2ccccc21)NCC1CC1. The normalized spacial score (nSPS) is 18.0. The third-order valence-electron chi connectivity index (χ3n) is 4.31. The van der Waals surface area contributed by atoms with Gasteiger partial charge < -0.3 is 10.6 Å². The molecule has 0 spiro atoms. The van der Waals surface area contributed by atoms with Gasteiger partial charge in [0, 0.05) is 26.7 Å². The van der Waals surface area contributed by atoms with E-state index in [1.807, 2.05) is 24.3 Å². The maximum absolute atomic E-state index is 12.6. The van der Waals surface area contributed by atoms with Gasteiger partial charge in [-0.1, -0.05) is 18.2 Å². The van der Waals surface area contributed by atoms with Crippen LogP contribution in [0.2, 0.25) is 0 Å². The molecule has 1 aliphatic heterocycles. The molecule has 1 heterocycles. The Morgan fingerprint density at radius 3 is 2.83 bits per heavy atom. The fraction of sp³-hybridized carbons (Fsp3) is 0.562. The summed E-state index contributed by atoms with van der Waals surface area (Å²) in [6, 6.07) is 7.71. The van der Waals surface area contributed by atoms with Crippen molar-refractivity contribution in [3.63, 3.8) is 0 Å². The van der Waals surface area contributed by atoms with Crippen LogP contribution in [0, 0.1) is 5.92 Å². The number of fused-ring (bicyclic) bond motifs is 1. The van der Waals surface area contributed by atoms with Crippen molar-refractivity contribution in [2.75, 3.05) is 36.7 Å². The molecule has 1 saturated carbocycles. The number of anilines is 1. The molecule has 0 atom stereocenters. The predicted octanol–water partition coefficient (Wildman–Crippen LogP) is 0.954. The van der Waals surface area contributed by atoms with E-state index < -0.39 is 10.0 Å². The van der Waals surface area contributed by atoms with E-state index in [1.165, 1.54) is 17.1 Å². The van der Waals surface area contributed by atoms with Gasteiger partial charge in [0.1, 0.15) is 0 Å². The highest BCUT2D eigenvalue weighted by molar-refractivity contribution is 7.92. The molecule has 1 aromatic rings. The molecule has 0 aromatic heterocycles. The number of nitrogens with one attached hydrogen (secondary N) is 2. The fourth-order valence-electron chi connectivity index (χ4n) is 2.79. The summed E-state index contributed by atoms with van der Waals surface area (Å²) in [4.78, 5) is 4.13. The second kappa shape index (κ2) is 6.78. The van der Waals surface area contributed by atoms with Crippen LogP contribution in [0.25, 0.3) is 0 Å². The zero-order valence-electron chi connectivity index (χ0n) is 13.5. The van der Waals surface area contributed by atoms with E-state index in [0.29, 0.717) is 19.0 Å². The third-order valence-corrected chi connectivity index (χ3v) is 6.08. The van der Waals surface area contributed by atoms with Crippen molar-refractivity contribution in [1.82, 2.24) is 10.6 Å².